The van der Waals surface area contributed by atoms with Gasteiger partial charge >= 0.3 is 0 Å². The molecule has 0 aliphatic heterocycles. The van der Waals surface area contributed by atoms with Crippen LogP contribution in [0.2, 0.25) is 15.1 Å². The average Bonchev–Trinajstić information content (AvgIpc) is 2.38. The normalized spacial score (nSPS) is 14.1. The lowest BCUT2D eigenvalue weighted by Crippen LogP contribution is -1.78. The molecule has 15 heavy (non-hydrogen) atoms. The maximum absolute atomic E-state index is 7.88. The van der Waals surface area contributed by atoms with Crippen molar-refractivity contribution in [3.05, 3.63) is 57.4 Å². The largest absolute Gasteiger partial charge is 0.0843 e. The van der Waals surface area contributed by atoms with Crippen LogP contribution in [-0.4, -0.2) is 0 Å². The molecule has 0 aromatic heterocycles. The molecule has 0 nitrogen and oxygen atoms in total. The molecular formula is C12H7Cl3. The molecule has 0 amide bonds. The summed E-state index contributed by atoms with van der Waals surface area (Å²) in [6, 6.07) is 3.68. The quantitative estimate of drug-likeness (QED) is 0.652. The third kappa shape index (κ3) is 2.46. The van der Waals surface area contributed by atoms with Crippen LogP contribution in [-0.2, 0) is 0 Å². The van der Waals surface area contributed by atoms with Gasteiger partial charge in [0.05, 0.1) is 15.5 Å². The predicted molar refractivity (Wildman–Crippen MR) is 66.9 cm³/mol. The number of rotatable bonds is 1. The first-order valence-electron chi connectivity index (χ1n) is 6.05. The molecule has 0 radical (unpaired) electrons. The average molecular weight is 262 g/mol. The summed E-state index contributed by atoms with van der Waals surface area (Å²) in [7, 11) is 0. The first kappa shape index (κ1) is 6.80. The van der Waals surface area contributed by atoms with Crippen LogP contribution in [0.25, 0.3) is 11.1 Å². The van der Waals surface area contributed by atoms with Gasteiger partial charge in [-0.25, -0.2) is 0 Å². The second-order valence-electron chi connectivity index (χ2n) is 2.82. The van der Waals surface area contributed by atoms with Gasteiger partial charge in [-0.05, 0) is 35.3 Å². The van der Waals surface area contributed by atoms with Gasteiger partial charge in [-0.2, -0.15) is 0 Å². The van der Waals surface area contributed by atoms with E-state index in [1.807, 2.05) is 0 Å². The SMILES string of the molecule is [2H]c1c([2H])c(-c2ccc(Cl)c(Cl)c2)c([2H])c([2H])c1Cl. The topological polar surface area (TPSA) is 0 Å². The summed E-state index contributed by atoms with van der Waals surface area (Å²) in [6.07, 6.45) is 0. The zero-order valence-corrected chi connectivity index (χ0v) is 9.63. The van der Waals surface area contributed by atoms with E-state index in [1.165, 1.54) is 6.07 Å². The van der Waals surface area contributed by atoms with Crippen molar-refractivity contribution >= 4 is 34.8 Å². The zero-order chi connectivity index (χ0) is 14.3. The Labute approximate surface area is 109 Å². The monoisotopic (exact) mass is 260 g/mol. The summed E-state index contributed by atoms with van der Waals surface area (Å²) in [5, 5.41) is 0.444. The fourth-order valence-corrected chi connectivity index (χ4v) is 1.49. The Morgan fingerprint density at radius 2 is 1.47 bits per heavy atom. The molecule has 0 unspecified atom stereocenters. The standard InChI is InChI=1S/C12H7Cl3/c13-10-4-1-8(2-5-10)9-3-6-11(14)12(15)7-9/h1-7H/i1D,2D,4D,5D. The third-order valence-electron chi connectivity index (χ3n) is 1.80. The van der Waals surface area contributed by atoms with Gasteiger partial charge < -0.3 is 0 Å². The smallest absolute Gasteiger partial charge is 0.0639 e. The molecule has 0 saturated carbocycles. The minimum atomic E-state index is -0.274. The van der Waals surface area contributed by atoms with Gasteiger partial charge in [0, 0.05) is 5.02 Å². The van der Waals surface area contributed by atoms with E-state index in [9.17, 15) is 0 Å². The highest BCUT2D eigenvalue weighted by atomic mass is 35.5. The molecular weight excluding hydrogens is 250 g/mol. The molecule has 0 fully saturated rings. The van der Waals surface area contributed by atoms with Gasteiger partial charge in [-0.1, -0.05) is 53.0 Å². The Hall–Kier alpha value is -0.690. The van der Waals surface area contributed by atoms with E-state index >= 15 is 0 Å². The lowest BCUT2D eigenvalue weighted by Gasteiger charge is -2.03. The molecule has 2 rings (SSSR count). The van der Waals surface area contributed by atoms with Crippen molar-refractivity contribution < 1.29 is 5.48 Å². The van der Waals surface area contributed by atoms with Gasteiger partial charge in [0.1, 0.15) is 0 Å². The van der Waals surface area contributed by atoms with E-state index in [0.29, 0.717) is 10.6 Å². The maximum Gasteiger partial charge on any atom is 0.0639 e. The number of benzene rings is 2. The van der Waals surface area contributed by atoms with E-state index in [2.05, 4.69) is 0 Å². The van der Waals surface area contributed by atoms with Gasteiger partial charge in [-0.15, -0.1) is 0 Å². The second kappa shape index (κ2) is 4.44. The van der Waals surface area contributed by atoms with E-state index in [0.717, 1.165) is 0 Å². The van der Waals surface area contributed by atoms with Crippen molar-refractivity contribution in [3.63, 3.8) is 0 Å². The lowest BCUT2D eigenvalue weighted by molar-refractivity contribution is 1.62. The highest BCUT2D eigenvalue weighted by Crippen LogP contribution is 2.28. The third-order valence-corrected chi connectivity index (χ3v) is 2.73. The van der Waals surface area contributed by atoms with Crippen molar-refractivity contribution in [1.82, 2.24) is 0 Å². The van der Waals surface area contributed by atoms with Crippen molar-refractivity contribution in [2.75, 3.05) is 0 Å². The van der Waals surface area contributed by atoms with Crippen LogP contribution in [0.3, 0.4) is 0 Å². The van der Waals surface area contributed by atoms with Crippen LogP contribution in [0.1, 0.15) is 5.48 Å². The number of hydrogen-bond donors (Lipinski definition) is 0. The summed E-state index contributed by atoms with van der Waals surface area (Å²) >= 11 is 17.5. The van der Waals surface area contributed by atoms with Gasteiger partial charge in [-0.3, -0.25) is 0 Å². The van der Waals surface area contributed by atoms with Crippen LogP contribution in [0.4, 0.5) is 0 Å². The molecule has 0 spiro atoms. The van der Waals surface area contributed by atoms with Crippen LogP contribution < -0.4 is 0 Å². The molecule has 2 aromatic carbocycles. The fourth-order valence-electron chi connectivity index (χ4n) is 1.09. The lowest BCUT2D eigenvalue weighted by atomic mass is 10.1. The zero-order valence-electron chi connectivity index (χ0n) is 11.4. The number of hydrogen-bond acceptors (Lipinski definition) is 0. The first-order valence-corrected chi connectivity index (χ1v) is 5.19. The Morgan fingerprint density at radius 3 is 2.07 bits per heavy atom. The molecule has 2 aromatic rings. The summed E-state index contributed by atoms with van der Waals surface area (Å²) in [4.78, 5) is 0. The Kier molecular flexibility index (Phi) is 2.01. The van der Waals surface area contributed by atoms with Crippen LogP contribution in [0, 0.1) is 0 Å². The highest BCUT2D eigenvalue weighted by molar-refractivity contribution is 6.42. The minimum Gasteiger partial charge on any atom is -0.0843 e. The molecule has 3 heteroatoms. The van der Waals surface area contributed by atoms with Gasteiger partial charge in [0.25, 0.3) is 0 Å². The Balaban J connectivity index is 2.79. The van der Waals surface area contributed by atoms with Crippen LogP contribution in [0.5, 0.6) is 0 Å². The number of halogens is 3. The Morgan fingerprint density at radius 1 is 0.800 bits per heavy atom. The Bertz CT molecular complexity index is 642. The summed E-state index contributed by atoms with van der Waals surface area (Å²) in [5.41, 5.74) is 0.612. The van der Waals surface area contributed by atoms with Crippen molar-refractivity contribution in [2.45, 2.75) is 0 Å². The summed E-state index contributed by atoms with van der Waals surface area (Å²) < 4.78 is 31.1. The van der Waals surface area contributed by atoms with Gasteiger partial charge in [0.15, 0.2) is 0 Å². The van der Waals surface area contributed by atoms with Gasteiger partial charge in [0.2, 0.25) is 0 Å². The molecule has 0 heterocycles. The first-order chi connectivity index (χ1) is 8.84. The second-order valence-corrected chi connectivity index (χ2v) is 4.01. The molecule has 0 aliphatic carbocycles. The fraction of sp³-hybridized carbons (Fsp3) is 0. The highest BCUT2D eigenvalue weighted by Gasteiger charge is 2.01. The molecule has 0 atom stereocenters. The van der Waals surface area contributed by atoms with E-state index in [4.69, 9.17) is 40.3 Å². The molecule has 76 valence electrons. The van der Waals surface area contributed by atoms with Crippen molar-refractivity contribution in [2.24, 2.45) is 0 Å². The molecule has 0 N–H and O–H groups in total. The summed E-state index contributed by atoms with van der Waals surface area (Å²) in [5.74, 6) is 0. The van der Waals surface area contributed by atoms with E-state index in [1.54, 1.807) is 12.1 Å². The molecule has 0 saturated heterocycles. The van der Waals surface area contributed by atoms with E-state index in [-0.39, 0.29) is 39.8 Å². The van der Waals surface area contributed by atoms with Crippen molar-refractivity contribution in [1.29, 1.82) is 0 Å². The van der Waals surface area contributed by atoms with E-state index < -0.39 is 0 Å². The molecule has 0 bridgehead atoms. The molecule has 0 aliphatic rings. The predicted octanol–water partition coefficient (Wildman–Crippen LogP) is 5.31. The summed E-state index contributed by atoms with van der Waals surface area (Å²) in [6.45, 7) is 0. The van der Waals surface area contributed by atoms with Crippen LogP contribution >= 0.6 is 34.8 Å². The minimum absolute atomic E-state index is 0.151. The van der Waals surface area contributed by atoms with Crippen molar-refractivity contribution in [3.8, 4) is 11.1 Å². The van der Waals surface area contributed by atoms with Crippen LogP contribution in [0.15, 0.2) is 42.4 Å². The maximum atomic E-state index is 7.88.